The van der Waals surface area contributed by atoms with Crippen molar-refractivity contribution in [3.8, 4) is 0 Å². The highest BCUT2D eigenvalue weighted by Gasteiger charge is 2.49. The highest BCUT2D eigenvalue weighted by molar-refractivity contribution is 6.30. The lowest BCUT2D eigenvalue weighted by Gasteiger charge is -2.17. The van der Waals surface area contributed by atoms with Crippen LogP contribution in [0.3, 0.4) is 0 Å². The molecule has 0 aromatic carbocycles. The molecule has 0 unspecified atom stereocenters. The van der Waals surface area contributed by atoms with Crippen molar-refractivity contribution >= 4 is 29.1 Å². The number of nitrogens with zero attached hydrogens (tertiary/aromatic N) is 1. The first-order valence-corrected chi connectivity index (χ1v) is 6.41. The fourth-order valence-electron chi connectivity index (χ4n) is 2.63. The normalized spacial score (nSPS) is 25.6. The third kappa shape index (κ3) is 1.82. The Labute approximate surface area is 117 Å². The third-order valence-corrected chi connectivity index (χ3v) is 3.92. The molecule has 2 aliphatic rings. The number of rotatable bonds is 1. The Morgan fingerprint density at radius 1 is 1.15 bits per heavy atom. The third-order valence-electron chi connectivity index (χ3n) is 3.61. The number of fused-ring (bicyclic) bond motifs is 1. The molecule has 1 aliphatic heterocycles. The second-order valence-electron chi connectivity index (χ2n) is 4.77. The Hall–Kier alpha value is -2.15. The summed E-state index contributed by atoms with van der Waals surface area (Å²) in [5, 5.41) is 0.546. The van der Waals surface area contributed by atoms with Crippen LogP contribution in [-0.2, 0) is 9.59 Å². The summed E-state index contributed by atoms with van der Waals surface area (Å²) in [6.45, 7) is 0. The van der Waals surface area contributed by atoms with Gasteiger partial charge in [0.15, 0.2) is 0 Å². The van der Waals surface area contributed by atoms with Crippen LogP contribution in [0.15, 0.2) is 26.9 Å². The average molecular weight is 296 g/mol. The van der Waals surface area contributed by atoms with E-state index >= 15 is 0 Å². The first kappa shape index (κ1) is 12.9. The molecule has 7 nitrogen and oxygen atoms in total. The number of anilines is 1. The monoisotopic (exact) mass is 295 g/mol. The van der Waals surface area contributed by atoms with Gasteiger partial charge >= 0.3 is 5.69 Å². The van der Waals surface area contributed by atoms with Gasteiger partial charge in [0.2, 0.25) is 11.8 Å². The van der Waals surface area contributed by atoms with Crippen LogP contribution < -0.4 is 16.1 Å². The van der Waals surface area contributed by atoms with Crippen molar-refractivity contribution in [3.05, 3.63) is 38.1 Å². The Bertz CT molecular complexity index is 748. The highest BCUT2D eigenvalue weighted by atomic mass is 35.5. The maximum atomic E-state index is 12.3. The Morgan fingerprint density at radius 3 is 2.55 bits per heavy atom. The largest absolute Gasteiger partial charge is 0.325 e. The fraction of sp³-hybridized carbons (Fsp3) is 0.333. The lowest BCUT2D eigenvalue weighted by atomic mass is 9.85. The standard InChI is InChI=1S/C12H10ClN3O4/c13-5-1-2-6-7(3-5)11(19)16(10(6)18)8-4-14-12(20)15-9(8)17/h1,4,6-7H,2-3H2,(H2,14,15,17,20)/t6-,7-/m0/s1. The maximum Gasteiger partial charge on any atom is 0.325 e. The SMILES string of the molecule is O=C1[C@H]2CC=C(Cl)C[C@@H]2C(=O)N1c1c[nH]c(=O)[nH]c1=O. The number of hydrogen-bond donors (Lipinski definition) is 2. The van der Waals surface area contributed by atoms with Crippen molar-refractivity contribution in [2.45, 2.75) is 12.8 Å². The van der Waals surface area contributed by atoms with E-state index in [1.54, 1.807) is 6.08 Å². The van der Waals surface area contributed by atoms with Gasteiger partial charge in [0.05, 0.1) is 11.8 Å². The summed E-state index contributed by atoms with van der Waals surface area (Å²) in [6.07, 6.45) is 3.47. The van der Waals surface area contributed by atoms with Gasteiger partial charge < -0.3 is 4.98 Å². The predicted octanol–water partition coefficient (Wildman–Crippen LogP) is 0.0853. The molecule has 3 rings (SSSR count). The van der Waals surface area contributed by atoms with Gasteiger partial charge in [-0.15, -0.1) is 0 Å². The molecule has 0 spiro atoms. The zero-order valence-electron chi connectivity index (χ0n) is 10.2. The van der Waals surface area contributed by atoms with Crippen LogP contribution in [0.25, 0.3) is 0 Å². The Morgan fingerprint density at radius 2 is 1.85 bits per heavy atom. The number of amides is 2. The zero-order chi connectivity index (χ0) is 14.4. The van der Waals surface area contributed by atoms with Crippen LogP contribution in [0, 0.1) is 11.8 Å². The summed E-state index contributed by atoms with van der Waals surface area (Å²) in [5.41, 5.74) is -1.63. The minimum absolute atomic E-state index is 0.162. The molecule has 1 fully saturated rings. The second kappa shape index (κ2) is 4.45. The summed E-state index contributed by atoms with van der Waals surface area (Å²) in [4.78, 5) is 52.4. The quantitative estimate of drug-likeness (QED) is 0.716. The van der Waals surface area contributed by atoms with Crippen LogP contribution >= 0.6 is 11.6 Å². The summed E-state index contributed by atoms with van der Waals surface area (Å²) in [5.74, 6) is -1.91. The van der Waals surface area contributed by atoms with E-state index in [1.807, 2.05) is 4.98 Å². The molecule has 20 heavy (non-hydrogen) atoms. The molecule has 104 valence electrons. The molecular weight excluding hydrogens is 286 g/mol. The Kier molecular flexibility index (Phi) is 2.86. The lowest BCUT2D eigenvalue weighted by molar-refractivity contribution is -0.122. The highest BCUT2D eigenvalue weighted by Crippen LogP contribution is 2.39. The van der Waals surface area contributed by atoms with Gasteiger partial charge in [0.25, 0.3) is 5.56 Å². The van der Waals surface area contributed by atoms with Crippen molar-refractivity contribution in [3.63, 3.8) is 0 Å². The van der Waals surface area contributed by atoms with Gasteiger partial charge in [-0.25, -0.2) is 9.69 Å². The maximum absolute atomic E-state index is 12.3. The van der Waals surface area contributed by atoms with Gasteiger partial charge in [0.1, 0.15) is 5.69 Å². The van der Waals surface area contributed by atoms with Crippen molar-refractivity contribution in [2.75, 3.05) is 4.90 Å². The summed E-state index contributed by atoms with van der Waals surface area (Å²) < 4.78 is 0. The van der Waals surface area contributed by atoms with E-state index in [1.165, 1.54) is 0 Å². The first-order chi connectivity index (χ1) is 9.49. The van der Waals surface area contributed by atoms with Crippen molar-refractivity contribution < 1.29 is 9.59 Å². The van der Waals surface area contributed by atoms with Crippen molar-refractivity contribution in [2.24, 2.45) is 11.8 Å². The van der Waals surface area contributed by atoms with E-state index in [-0.39, 0.29) is 5.69 Å². The molecule has 0 radical (unpaired) electrons. The number of allylic oxidation sites excluding steroid dienone is 2. The number of carbonyl (C=O) groups excluding carboxylic acids is 2. The van der Waals surface area contributed by atoms with E-state index in [9.17, 15) is 19.2 Å². The topological polar surface area (TPSA) is 103 Å². The van der Waals surface area contributed by atoms with Crippen LogP contribution in [0.4, 0.5) is 5.69 Å². The summed E-state index contributed by atoms with van der Waals surface area (Å²) >= 11 is 5.91. The smallest absolute Gasteiger partial charge is 0.312 e. The van der Waals surface area contributed by atoms with Gasteiger partial charge in [0, 0.05) is 11.2 Å². The van der Waals surface area contributed by atoms with Gasteiger partial charge in [-0.05, 0) is 12.8 Å². The predicted molar refractivity (Wildman–Crippen MR) is 70.3 cm³/mol. The molecule has 0 bridgehead atoms. The molecule has 2 atom stereocenters. The number of halogens is 1. The second-order valence-corrected chi connectivity index (χ2v) is 5.26. The molecule has 2 N–H and O–H groups in total. The average Bonchev–Trinajstić information content (AvgIpc) is 2.63. The number of nitrogens with one attached hydrogen (secondary N) is 2. The molecule has 2 amide bonds. The van der Waals surface area contributed by atoms with E-state index < -0.39 is 34.9 Å². The van der Waals surface area contributed by atoms with E-state index in [0.717, 1.165) is 11.1 Å². The number of imide groups is 1. The van der Waals surface area contributed by atoms with Crippen LogP contribution in [0.5, 0.6) is 0 Å². The Balaban J connectivity index is 2.04. The first-order valence-electron chi connectivity index (χ1n) is 6.03. The van der Waals surface area contributed by atoms with Crippen molar-refractivity contribution in [1.29, 1.82) is 0 Å². The number of carbonyl (C=O) groups is 2. The van der Waals surface area contributed by atoms with E-state index in [2.05, 4.69) is 4.98 Å². The molecule has 1 aromatic heterocycles. The van der Waals surface area contributed by atoms with E-state index in [0.29, 0.717) is 17.9 Å². The van der Waals surface area contributed by atoms with E-state index in [4.69, 9.17) is 11.6 Å². The van der Waals surface area contributed by atoms with Crippen LogP contribution in [0.1, 0.15) is 12.8 Å². The van der Waals surface area contributed by atoms with Gasteiger partial charge in [-0.3, -0.25) is 19.4 Å². The zero-order valence-corrected chi connectivity index (χ0v) is 10.9. The minimum Gasteiger partial charge on any atom is -0.312 e. The summed E-state index contributed by atoms with van der Waals surface area (Å²) in [6, 6.07) is 0. The number of aromatic nitrogens is 2. The minimum atomic E-state index is -0.770. The number of H-pyrrole nitrogens is 2. The van der Waals surface area contributed by atoms with Crippen molar-refractivity contribution in [1.82, 2.24) is 9.97 Å². The lowest BCUT2D eigenvalue weighted by Crippen LogP contribution is -2.37. The number of hydrogen-bond acceptors (Lipinski definition) is 4. The van der Waals surface area contributed by atoms with Crippen LogP contribution in [0.2, 0.25) is 0 Å². The van der Waals surface area contributed by atoms with Gasteiger partial charge in [-0.2, -0.15) is 0 Å². The molecule has 1 saturated heterocycles. The fourth-order valence-corrected chi connectivity index (χ4v) is 2.89. The molecule has 1 aromatic rings. The number of aromatic amines is 2. The summed E-state index contributed by atoms with van der Waals surface area (Å²) in [7, 11) is 0. The molecule has 1 aliphatic carbocycles. The molecule has 8 heteroatoms. The van der Waals surface area contributed by atoms with Crippen LogP contribution in [-0.4, -0.2) is 21.8 Å². The molecule has 2 heterocycles. The van der Waals surface area contributed by atoms with Gasteiger partial charge in [-0.1, -0.05) is 17.7 Å². The molecule has 0 saturated carbocycles. The molecular formula is C12H10ClN3O4.